The first kappa shape index (κ1) is 17.1. The van der Waals surface area contributed by atoms with E-state index in [1.165, 1.54) is 0 Å². The van der Waals surface area contributed by atoms with Crippen molar-refractivity contribution in [2.45, 2.75) is 19.8 Å². The van der Waals surface area contributed by atoms with Crippen LogP contribution in [0.3, 0.4) is 0 Å². The van der Waals surface area contributed by atoms with Gasteiger partial charge in [-0.05, 0) is 36.8 Å². The number of unbranched alkanes of at least 4 members (excludes halogenated alkanes) is 1. The summed E-state index contributed by atoms with van der Waals surface area (Å²) in [6.45, 7) is 2.99. The molecule has 0 unspecified atom stereocenters. The van der Waals surface area contributed by atoms with Crippen LogP contribution in [-0.2, 0) is 0 Å². The molecule has 25 heavy (non-hydrogen) atoms. The Morgan fingerprint density at radius 3 is 2.52 bits per heavy atom. The predicted molar refractivity (Wildman–Crippen MR) is 100 cm³/mol. The molecule has 0 aliphatic heterocycles. The Morgan fingerprint density at radius 1 is 0.960 bits per heavy atom. The van der Waals surface area contributed by atoms with Crippen LogP contribution in [0.1, 0.15) is 19.8 Å². The standard InChI is InChI=1S/C21H23NO3/c1-4-5-12-22-17-14-20(25-18-9-7-6-8-16(17)18)15-10-11-19(23-2)21(13-15)24-3/h6-11,13-14H,4-5,12H2,1-3H3. The van der Waals surface area contributed by atoms with Crippen LogP contribution in [0, 0.1) is 0 Å². The van der Waals surface area contributed by atoms with Crippen LogP contribution >= 0.6 is 0 Å². The molecule has 1 heterocycles. The summed E-state index contributed by atoms with van der Waals surface area (Å²) in [5.41, 5.74) is 1.75. The summed E-state index contributed by atoms with van der Waals surface area (Å²) in [5.74, 6) is 2.13. The second kappa shape index (κ2) is 7.88. The zero-order valence-electron chi connectivity index (χ0n) is 14.9. The molecule has 0 saturated heterocycles. The van der Waals surface area contributed by atoms with Crippen LogP contribution in [0.2, 0.25) is 0 Å². The summed E-state index contributed by atoms with van der Waals surface area (Å²) in [7, 11) is 3.26. The van der Waals surface area contributed by atoms with Crippen LogP contribution in [-0.4, -0.2) is 20.8 Å². The third kappa shape index (κ3) is 3.68. The van der Waals surface area contributed by atoms with Crippen molar-refractivity contribution in [1.29, 1.82) is 0 Å². The summed E-state index contributed by atoms with van der Waals surface area (Å²) >= 11 is 0. The molecular weight excluding hydrogens is 314 g/mol. The van der Waals surface area contributed by atoms with Crippen molar-refractivity contribution >= 4 is 11.0 Å². The van der Waals surface area contributed by atoms with Gasteiger partial charge in [-0.15, -0.1) is 0 Å². The van der Waals surface area contributed by atoms with E-state index in [1.54, 1.807) is 14.2 Å². The largest absolute Gasteiger partial charge is 0.493 e. The summed E-state index contributed by atoms with van der Waals surface area (Å²) in [6, 6.07) is 15.8. The molecule has 130 valence electrons. The quantitative estimate of drug-likeness (QED) is 0.606. The second-order valence-electron chi connectivity index (χ2n) is 5.80. The van der Waals surface area contributed by atoms with Gasteiger partial charge in [-0.25, -0.2) is 0 Å². The van der Waals surface area contributed by atoms with Crippen LogP contribution in [0.4, 0.5) is 0 Å². The van der Waals surface area contributed by atoms with E-state index in [9.17, 15) is 0 Å². The minimum Gasteiger partial charge on any atom is -0.493 e. The highest BCUT2D eigenvalue weighted by molar-refractivity contribution is 5.78. The average molecular weight is 337 g/mol. The normalized spacial score (nSPS) is 11.7. The van der Waals surface area contributed by atoms with Crippen molar-refractivity contribution in [1.82, 2.24) is 0 Å². The Hall–Kier alpha value is -2.75. The Labute approximate surface area is 147 Å². The number of fused-ring (bicyclic) bond motifs is 1. The van der Waals surface area contributed by atoms with Crippen molar-refractivity contribution in [2.75, 3.05) is 20.8 Å². The summed E-state index contributed by atoms with van der Waals surface area (Å²) in [6.07, 6.45) is 2.20. The fraction of sp³-hybridized carbons (Fsp3) is 0.286. The van der Waals surface area contributed by atoms with E-state index in [0.29, 0.717) is 11.5 Å². The minimum absolute atomic E-state index is 0.674. The second-order valence-corrected chi connectivity index (χ2v) is 5.80. The van der Waals surface area contributed by atoms with E-state index in [4.69, 9.17) is 18.9 Å². The van der Waals surface area contributed by atoms with Gasteiger partial charge >= 0.3 is 0 Å². The van der Waals surface area contributed by atoms with Crippen molar-refractivity contribution in [3.63, 3.8) is 0 Å². The molecule has 0 aliphatic carbocycles. The van der Waals surface area contributed by atoms with E-state index in [0.717, 1.165) is 47.0 Å². The zero-order chi connectivity index (χ0) is 17.6. The smallest absolute Gasteiger partial charge is 0.161 e. The Bertz CT molecular complexity index is 928. The number of hydrogen-bond acceptors (Lipinski definition) is 4. The number of para-hydroxylation sites is 1. The van der Waals surface area contributed by atoms with Gasteiger partial charge in [0.15, 0.2) is 11.5 Å². The molecule has 0 aliphatic rings. The Balaban J connectivity index is 2.15. The fourth-order valence-electron chi connectivity index (χ4n) is 2.74. The number of methoxy groups -OCH3 is 2. The van der Waals surface area contributed by atoms with E-state index in [-0.39, 0.29) is 0 Å². The molecule has 2 aromatic carbocycles. The van der Waals surface area contributed by atoms with Gasteiger partial charge < -0.3 is 13.9 Å². The van der Waals surface area contributed by atoms with Gasteiger partial charge in [0.05, 0.1) is 19.6 Å². The molecule has 0 radical (unpaired) electrons. The van der Waals surface area contributed by atoms with Crippen LogP contribution in [0.5, 0.6) is 11.5 Å². The van der Waals surface area contributed by atoms with Gasteiger partial charge in [0.25, 0.3) is 0 Å². The SMILES string of the molecule is CCCCN=c1cc(-c2ccc(OC)c(OC)c2)oc2ccccc12. The number of benzene rings is 2. The maximum absolute atomic E-state index is 6.11. The van der Waals surface area contributed by atoms with E-state index >= 15 is 0 Å². The van der Waals surface area contributed by atoms with Crippen molar-refractivity contribution in [3.8, 4) is 22.8 Å². The zero-order valence-corrected chi connectivity index (χ0v) is 14.9. The molecule has 3 rings (SSSR count). The third-order valence-corrected chi connectivity index (χ3v) is 4.11. The molecule has 4 nitrogen and oxygen atoms in total. The van der Waals surface area contributed by atoms with Gasteiger partial charge in [-0.2, -0.15) is 0 Å². The molecule has 1 aromatic heterocycles. The number of rotatable bonds is 6. The fourth-order valence-corrected chi connectivity index (χ4v) is 2.74. The van der Waals surface area contributed by atoms with Crippen molar-refractivity contribution in [3.05, 3.63) is 53.9 Å². The molecule has 0 saturated carbocycles. The van der Waals surface area contributed by atoms with E-state index < -0.39 is 0 Å². The van der Waals surface area contributed by atoms with Crippen LogP contribution in [0.15, 0.2) is 57.9 Å². The van der Waals surface area contributed by atoms with Crippen LogP contribution in [0.25, 0.3) is 22.3 Å². The summed E-state index contributed by atoms with van der Waals surface area (Å²) in [5, 5.41) is 1.99. The van der Waals surface area contributed by atoms with Gasteiger partial charge in [-0.3, -0.25) is 4.99 Å². The monoisotopic (exact) mass is 337 g/mol. The topological polar surface area (TPSA) is 44.0 Å². The van der Waals surface area contributed by atoms with Crippen LogP contribution < -0.4 is 14.8 Å². The van der Waals surface area contributed by atoms with Crippen molar-refractivity contribution < 1.29 is 13.9 Å². The highest BCUT2D eigenvalue weighted by atomic mass is 16.5. The maximum atomic E-state index is 6.11. The molecule has 0 spiro atoms. The molecular formula is C21H23NO3. The first-order valence-corrected chi connectivity index (χ1v) is 8.52. The number of hydrogen-bond donors (Lipinski definition) is 0. The molecule has 3 aromatic rings. The lowest BCUT2D eigenvalue weighted by molar-refractivity contribution is 0.355. The van der Waals surface area contributed by atoms with Gasteiger partial charge in [0.1, 0.15) is 11.3 Å². The molecule has 0 fully saturated rings. The number of nitrogens with zero attached hydrogens (tertiary/aromatic N) is 1. The lowest BCUT2D eigenvalue weighted by Crippen LogP contribution is -2.05. The van der Waals surface area contributed by atoms with Gasteiger partial charge in [0, 0.05) is 23.6 Å². The highest BCUT2D eigenvalue weighted by Gasteiger charge is 2.10. The van der Waals surface area contributed by atoms with E-state index in [2.05, 4.69) is 6.92 Å². The lowest BCUT2D eigenvalue weighted by atomic mass is 10.1. The lowest BCUT2D eigenvalue weighted by Gasteiger charge is -2.10. The number of ether oxygens (including phenoxy) is 2. The highest BCUT2D eigenvalue weighted by Crippen LogP contribution is 2.32. The van der Waals surface area contributed by atoms with Gasteiger partial charge in [-0.1, -0.05) is 25.5 Å². The van der Waals surface area contributed by atoms with E-state index in [1.807, 2.05) is 48.5 Å². The molecule has 0 amide bonds. The minimum atomic E-state index is 0.674. The summed E-state index contributed by atoms with van der Waals surface area (Å²) in [4.78, 5) is 4.77. The Morgan fingerprint density at radius 2 is 1.76 bits per heavy atom. The maximum Gasteiger partial charge on any atom is 0.161 e. The Kier molecular flexibility index (Phi) is 5.39. The van der Waals surface area contributed by atoms with Crippen molar-refractivity contribution in [2.24, 2.45) is 4.99 Å². The average Bonchev–Trinajstić information content (AvgIpc) is 2.67. The predicted octanol–water partition coefficient (Wildman–Crippen LogP) is 4.82. The summed E-state index contributed by atoms with van der Waals surface area (Å²) < 4.78 is 16.8. The third-order valence-electron chi connectivity index (χ3n) is 4.11. The molecule has 0 N–H and O–H groups in total. The first-order chi connectivity index (χ1) is 12.3. The molecule has 4 heteroatoms. The first-order valence-electron chi connectivity index (χ1n) is 8.52. The molecule has 0 atom stereocenters. The van der Waals surface area contributed by atoms with Gasteiger partial charge in [0.2, 0.25) is 0 Å². The molecule has 0 bridgehead atoms.